The van der Waals surface area contributed by atoms with Crippen LogP contribution in [0.2, 0.25) is 5.02 Å². The van der Waals surface area contributed by atoms with Crippen molar-refractivity contribution in [3.63, 3.8) is 0 Å². The van der Waals surface area contributed by atoms with Crippen molar-refractivity contribution in [1.29, 1.82) is 0 Å². The Balaban J connectivity index is 1.65. The Bertz CT molecular complexity index is 791. The number of nitrogens with one attached hydrogen (secondary N) is 1. The fourth-order valence-electron chi connectivity index (χ4n) is 3.60. The maximum Gasteiger partial charge on any atom is 0.147 e. The SMILES string of the molecule is Fc1cc(F)cc(OC2CCCc3cc(Cl)c(N4CCNCC4)nc32)c1. The molecule has 1 aliphatic heterocycles. The highest BCUT2D eigenvalue weighted by Gasteiger charge is 2.27. The molecule has 0 saturated carbocycles. The summed E-state index contributed by atoms with van der Waals surface area (Å²) in [6, 6.07) is 5.19. The lowest BCUT2D eigenvalue weighted by atomic mass is 9.93. The predicted molar refractivity (Wildman–Crippen MR) is 97.0 cm³/mol. The van der Waals surface area contributed by atoms with Gasteiger partial charge in [-0.2, -0.15) is 0 Å². The lowest BCUT2D eigenvalue weighted by Gasteiger charge is -2.32. The summed E-state index contributed by atoms with van der Waals surface area (Å²) < 4.78 is 32.9. The highest BCUT2D eigenvalue weighted by atomic mass is 35.5. The summed E-state index contributed by atoms with van der Waals surface area (Å²) in [6.07, 6.45) is 2.21. The molecule has 4 nitrogen and oxygen atoms in total. The van der Waals surface area contributed by atoms with Gasteiger partial charge in [0.1, 0.15) is 29.3 Å². The molecule has 1 fully saturated rings. The lowest BCUT2D eigenvalue weighted by Crippen LogP contribution is -2.44. The predicted octanol–water partition coefficient (Wildman–Crippen LogP) is 3.88. The average molecular weight is 380 g/mol. The van der Waals surface area contributed by atoms with Gasteiger partial charge in [-0.1, -0.05) is 11.6 Å². The number of halogens is 3. The minimum absolute atomic E-state index is 0.181. The molecule has 1 aromatic carbocycles. The summed E-state index contributed by atoms with van der Waals surface area (Å²) in [7, 11) is 0. The summed E-state index contributed by atoms with van der Waals surface area (Å²) >= 11 is 6.48. The van der Waals surface area contributed by atoms with E-state index in [2.05, 4.69) is 10.2 Å². The molecule has 0 bridgehead atoms. The number of anilines is 1. The molecule has 1 unspecified atom stereocenters. The number of piperazine rings is 1. The number of nitrogens with zero attached hydrogens (tertiary/aromatic N) is 2. The van der Waals surface area contributed by atoms with Crippen LogP contribution in [-0.2, 0) is 6.42 Å². The van der Waals surface area contributed by atoms with E-state index < -0.39 is 11.6 Å². The summed E-state index contributed by atoms with van der Waals surface area (Å²) in [4.78, 5) is 6.97. The fraction of sp³-hybridized carbons (Fsp3) is 0.421. The van der Waals surface area contributed by atoms with Crippen molar-refractivity contribution < 1.29 is 13.5 Å². The van der Waals surface area contributed by atoms with Gasteiger partial charge in [-0.3, -0.25) is 0 Å². The summed E-state index contributed by atoms with van der Waals surface area (Å²) in [5.41, 5.74) is 1.86. The molecule has 1 aromatic heterocycles. The number of aromatic nitrogens is 1. The third-order valence-electron chi connectivity index (χ3n) is 4.82. The number of hydrogen-bond acceptors (Lipinski definition) is 4. The van der Waals surface area contributed by atoms with Crippen LogP contribution in [-0.4, -0.2) is 31.2 Å². The van der Waals surface area contributed by atoms with E-state index >= 15 is 0 Å². The van der Waals surface area contributed by atoms with Gasteiger partial charge >= 0.3 is 0 Å². The van der Waals surface area contributed by atoms with Crippen LogP contribution in [0.5, 0.6) is 5.75 Å². The van der Waals surface area contributed by atoms with Crippen molar-refractivity contribution in [2.75, 3.05) is 31.1 Å². The molecule has 1 N–H and O–H groups in total. The number of rotatable bonds is 3. The Morgan fingerprint density at radius 1 is 1.12 bits per heavy atom. The van der Waals surface area contributed by atoms with Crippen LogP contribution >= 0.6 is 11.6 Å². The first-order valence-corrected chi connectivity index (χ1v) is 9.25. The molecule has 0 spiro atoms. The molecule has 1 aliphatic carbocycles. The van der Waals surface area contributed by atoms with Gasteiger partial charge in [0.05, 0.1) is 10.7 Å². The van der Waals surface area contributed by atoms with E-state index in [9.17, 15) is 8.78 Å². The van der Waals surface area contributed by atoms with Gasteiger partial charge in [0.25, 0.3) is 0 Å². The van der Waals surface area contributed by atoms with Crippen molar-refractivity contribution in [2.45, 2.75) is 25.4 Å². The highest BCUT2D eigenvalue weighted by molar-refractivity contribution is 6.33. The monoisotopic (exact) mass is 379 g/mol. The fourth-order valence-corrected chi connectivity index (χ4v) is 3.89. The van der Waals surface area contributed by atoms with Gasteiger partial charge in [0.15, 0.2) is 0 Å². The molecule has 138 valence electrons. The topological polar surface area (TPSA) is 37.4 Å². The first-order valence-electron chi connectivity index (χ1n) is 8.88. The van der Waals surface area contributed by atoms with E-state index in [1.165, 1.54) is 12.1 Å². The first-order chi connectivity index (χ1) is 12.6. The highest BCUT2D eigenvalue weighted by Crippen LogP contribution is 2.37. The van der Waals surface area contributed by atoms with Crippen molar-refractivity contribution >= 4 is 17.4 Å². The zero-order chi connectivity index (χ0) is 18.1. The Kier molecular flexibility index (Phi) is 4.96. The number of ether oxygens (including phenoxy) is 1. The molecule has 1 atom stereocenters. The molecule has 26 heavy (non-hydrogen) atoms. The van der Waals surface area contributed by atoms with Crippen molar-refractivity contribution in [2.24, 2.45) is 0 Å². The second-order valence-corrected chi connectivity index (χ2v) is 7.09. The normalized spacial score (nSPS) is 20.0. The van der Waals surface area contributed by atoms with Crippen LogP contribution in [0.25, 0.3) is 0 Å². The lowest BCUT2D eigenvalue weighted by molar-refractivity contribution is 0.177. The number of pyridine rings is 1. The van der Waals surface area contributed by atoms with E-state index in [1.807, 2.05) is 6.07 Å². The summed E-state index contributed by atoms with van der Waals surface area (Å²) in [5.74, 6) is -0.364. The Labute approximate surface area is 156 Å². The second kappa shape index (κ2) is 7.37. The van der Waals surface area contributed by atoms with Crippen LogP contribution in [0, 0.1) is 11.6 Å². The van der Waals surface area contributed by atoms with Gasteiger partial charge in [-0.15, -0.1) is 0 Å². The Morgan fingerprint density at radius 3 is 2.58 bits per heavy atom. The summed E-state index contributed by atoms with van der Waals surface area (Å²) in [5, 5.41) is 3.95. The van der Waals surface area contributed by atoms with Crippen LogP contribution in [0.4, 0.5) is 14.6 Å². The molecule has 0 radical (unpaired) electrons. The van der Waals surface area contributed by atoms with Crippen LogP contribution < -0.4 is 15.0 Å². The van der Waals surface area contributed by atoms with E-state index in [-0.39, 0.29) is 11.9 Å². The second-order valence-electron chi connectivity index (χ2n) is 6.68. The minimum Gasteiger partial charge on any atom is -0.484 e. The Hall–Kier alpha value is -1.92. The van der Waals surface area contributed by atoms with E-state index in [0.717, 1.165) is 68.6 Å². The number of hydrogen-bond donors (Lipinski definition) is 1. The van der Waals surface area contributed by atoms with Gasteiger partial charge in [0.2, 0.25) is 0 Å². The molecule has 2 heterocycles. The van der Waals surface area contributed by atoms with Crippen molar-refractivity contribution in [3.05, 3.63) is 52.2 Å². The number of aryl methyl sites for hydroxylation is 1. The molecular formula is C19H20ClF2N3O. The van der Waals surface area contributed by atoms with E-state index in [4.69, 9.17) is 21.3 Å². The maximum atomic E-state index is 13.5. The van der Waals surface area contributed by atoms with Crippen LogP contribution in [0.15, 0.2) is 24.3 Å². The van der Waals surface area contributed by atoms with E-state index in [1.54, 1.807) is 0 Å². The zero-order valence-corrected chi connectivity index (χ0v) is 15.0. The third kappa shape index (κ3) is 3.62. The molecular weight excluding hydrogens is 360 g/mol. The number of fused-ring (bicyclic) bond motifs is 1. The van der Waals surface area contributed by atoms with Gasteiger partial charge < -0.3 is 15.0 Å². The third-order valence-corrected chi connectivity index (χ3v) is 5.10. The molecule has 7 heteroatoms. The van der Waals surface area contributed by atoms with Crippen LogP contribution in [0.1, 0.15) is 30.2 Å². The average Bonchev–Trinajstić information content (AvgIpc) is 2.61. The standard InChI is InChI=1S/C19H20ClF2N3O/c20-16-8-12-2-1-3-17(26-15-10-13(21)9-14(22)11-15)18(12)24-19(16)25-6-4-23-5-7-25/h8-11,17,23H,1-7H2. The maximum absolute atomic E-state index is 13.5. The van der Waals surface area contributed by atoms with Gasteiger partial charge in [0, 0.05) is 44.4 Å². The molecule has 4 rings (SSSR count). The quantitative estimate of drug-likeness (QED) is 0.878. The smallest absolute Gasteiger partial charge is 0.147 e. The minimum atomic E-state index is -0.651. The zero-order valence-electron chi connectivity index (χ0n) is 14.3. The molecule has 1 saturated heterocycles. The number of benzene rings is 1. The van der Waals surface area contributed by atoms with E-state index in [0.29, 0.717) is 5.02 Å². The van der Waals surface area contributed by atoms with Crippen molar-refractivity contribution in [3.8, 4) is 5.75 Å². The largest absolute Gasteiger partial charge is 0.484 e. The van der Waals surface area contributed by atoms with Gasteiger partial charge in [-0.05, 0) is 30.9 Å². The Morgan fingerprint density at radius 2 is 1.85 bits per heavy atom. The molecule has 0 amide bonds. The molecule has 2 aromatic rings. The summed E-state index contributed by atoms with van der Waals surface area (Å²) in [6.45, 7) is 3.45. The molecule has 2 aliphatic rings. The van der Waals surface area contributed by atoms with Crippen molar-refractivity contribution in [1.82, 2.24) is 10.3 Å². The van der Waals surface area contributed by atoms with Gasteiger partial charge in [-0.25, -0.2) is 13.8 Å². The first kappa shape index (κ1) is 17.5. The van der Waals surface area contributed by atoms with Crippen LogP contribution in [0.3, 0.4) is 0 Å².